The second kappa shape index (κ2) is 11.9. The maximum atomic E-state index is 14.4. The minimum atomic E-state index is -4.81. The molecule has 0 bridgehead atoms. The van der Waals surface area contributed by atoms with Gasteiger partial charge in [-0.05, 0) is 47.2 Å². The zero-order valence-corrected chi connectivity index (χ0v) is 27.2. The van der Waals surface area contributed by atoms with Crippen molar-refractivity contribution in [2.75, 3.05) is 11.0 Å². The predicted octanol–water partition coefficient (Wildman–Crippen LogP) is -1.91. The zero-order chi connectivity index (χ0) is 26.5. The minimum absolute atomic E-state index is 0. The first-order valence-electron chi connectivity index (χ1n) is 10.4. The Morgan fingerprint density at radius 2 is 1.66 bits per heavy atom. The Kier molecular flexibility index (Phi) is 10.2. The average molecular weight is 579 g/mol. The Balaban J connectivity index is 0.00000253. The first-order chi connectivity index (χ1) is 16.6. The number of azo groups is 1. The number of hydrogen-bond acceptors (Lipinski definition) is 8. The largest absolute Gasteiger partial charge is 1.00 e. The van der Waals surface area contributed by atoms with Crippen LogP contribution in [0.25, 0.3) is 16.9 Å². The van der Waals surface area contributed by atoms with Crippen LogP contribution in [0, 0.1) is 5.82 Å². The molecule has 38 heavy (non-hydrogen) atoms. The van der Waals surface area contributed by atoms with E-state index >= 15 is 0 Å². The summed E-state index contributed by atoms with van der Waals surface area (Å²) in [6, 6.07) is 9.20. The molecule has 4 aromatic rings. The van der Waals surface area contributed by atoms with Crippen molar-refractivity contribution in [3.63, 3.8) is 0 Å². The fourth-order valence-corrected chi connectivity index (χ4v) is 4.40. The van der Waals surface area contributed by atoms with Crippen LogP contribution in [0.2, 0.25) is 0 Å². The summed E-state index contributed by atoms with van der Waals surface area (Å²) >= 11 is 0. The molecule has 0 radical (unpaired) electrons. The van der Waals surface area contributed by atoms with Crippen LogP contribution in [0.4, 0.5) is 21.5 Å². The smallest absolute Gasteiger partial charge is 0.744 e. The first kappa shape index (κ1) is 32.6. The maximum Gasteiger partial charge on any atom is 1.00 e. The van der Waals surface area contributed by atoms with Crippen molar-refractivity contribution < 1.29 is 84.9 Å². The maximum absolute atomic E-state index is 14.4. The van der Waals surface area contributed by atoms with Crippen molar-refractivity contribution in [2.45, 2.75) is 31.1 Å². The second-order valence-electron chi connectivity index (χ2n) is 9.06. The summed E-state index contributed by atoms with van der Waals surface area (Å²) in [5.74, 6) is -1.02. The van der Waals surface area contributed by atoms with Crippen molar-refractivity contribution in [1.82, 2.24) is 14.6 Å². The van der Waals surface area contributed by atoms with Crippen LogP contribution in [0.15, 0.2) is 63.8 Å². The number of nitrogens with one attached hydrogen (secondary N) is 1. The van der Waals surface area contributed by atoms with E-state index in [9.17, 15) is 25.8 Å². The van der Waals surface area contributed by atoms with Crippen LogP contribution in [-0.2, 0) is 25.6 Å². The molecule has 0 fully saturated rings. The molecule has 2 aromatic heterocycles. The van der Waals surface area contributed by atoms with Crippen molar-refractivity contribution >= 4 is 42.9 Å². The molecule has 0 amide bonds. The minimum Gasteiger partial charge on any atom is -0.744 e. The van der Waals surface area contributed by atoms with Gasteiger partial charge in [0.25, 0.3) is 0 Å². The number of hydrogen-bond donors (Lipinski definition) is 1. The topological polar surface area (TPSA) is 159 Å². The fourth-order valence-electron chi connectivity index (χ4n) is 3.36. The molecule has 0 spiro atoms. The van der Waals surface area contributed by atoms with Gasteiger partial charge in [0.1, 0.15) is 21.5 Å². The van der Waals surface area contributed by atoms with E-state index in [1.165, 1.54) is 4.52 Å². The molecule has 0 unspecified atom stereocenters. The summed E-state index contributed by atoms with van der Waals surface area (Å²) in [5.41, 5.74) is 2.11. The van der Waals surface area contributed by atoms with Gasteiger partial charge in [-0.2, -0.15) is 0 Å². The van der Waals surface area contributed by atoms with E-state index < -0.39 is 36.3 Å². The third-order valence-corrected chi connectivity index (χ3v) is 6.43. The summed E-state index contributed by atoms with van der Waals surface area (Å²) in [5, 5.41) is 12.7. The summed E-state index contributed by atoms with van der Waals surface area (Å²) in [6.07, 6.45) is 2.74. The number of halogens is 1. The van der Waals surface area contributed by atoms with Crippen molar-refractivity contribution in [3.05, 3.63) is 60.2 Å². The molecule has 2 heterocycles. The van der Waals surface area contributed by atoms with E-state index in [2.05, 4.69) is 25.0 Å². The van der Waals surface area contributed by atoms with Crippen LogP contribution >= 0.6 is 0 Å². The monoisotopic (exact) mass is 578 g/mol. The average Bonchev–Trinajstić information content (AvgIpc) is 3.30. The standard InChI is InChI=1S/C22H22FN6O5S2.2Na/c1-22(2,3)20-19(26-25-17-10-9-15(11-16(17)23)36(32,33)34)21-24-18(12-29(21)27-20)13-5-7-14(8-6-13)28-35(4,30)31;;/h5-12,28H,1-4H3,(H,32,33,34);;/q-1;2*+1/p-1. The molecular formula is C22H21FN6Na2O5S2. The summed E-state index contributed by atoms with van der Waals surface area (Å²) in [6.45, 7) is 5.74. The van der Waals surface area contributed by atoms with Gasteiger partial charge >= 0.3 is 59.1 Å². The van der Waals surface area contributed by atoms with Gasteiger partial charge in [0.2, 0.25) is 10.0 Å². The number of aromatic nitrogens is 3. The summed E-state index contributed by atoms with van der Waals surface area (Å²) < 4.78 is 74.5. The van der Waals surface area contributed by atoms with Gasteiger partial charge in [0.15, 0.2) is 5.82 Å². The number of imidazole rings is 1. The third kappa shape index (κ3) is 7.52. The van der Waals surface area contributed by atoms with E-state index in [-0.39, 0.29) is 64.8 Å². The quantitative estimate of drug-likeness (QED) is 0.159. The molecule has 0 aliphatic carbocycles. The van der Waals surface area contributed by atoms with E-state index in [1.54, 1.807) is 30.5 Å². The molecule has 1 N–H and O–H groups in total. The molecule has 0 aliphatic heterocycles. The molecule has 0 saturated carbocycles. The van der Waals surface area contributed by atoms with Crippen LogP contribution in [0.1, 0.15) is 26.5 Å². The molecular weight excluding hydrogens is 557 g/mol. The molecule has 2 aromatic carbocycles. The Hall–Kier alpha value is -1.62. The Morgan fingerprint density at radius 3 is 2.18 bits per heavy atom. The fraction of sp³-hybridized carbons (Fsp3) is 0.227. The Labute approximate surface area is 263 Å². The Morgan fingerprint density at radius 1 is 1.03 bits per heavy atom. The van der Waals surface area contributed by atoms with E-state index in [0.717, 1.165) is 18.4 Å². The van der Waals surface area contributed by atoms with Gasteiger partial charge in [-0.1, -0.05) is 39.1 Å². The molecule has 0 atom stereocenters. The first-order valence-corrected chi connectivity index (χ1v) is 13.7. The van der Waals surface area contributed by atoms with E-state index in [0.29, 0.717) is 40.0 Å². The predicted molar refractivity (Wildman–Crippen MR) is 130 cm³/mol. The molecule has 0 saturated heterocycles. The van der Waals surface area contributed by atoms with Gasteiger partial charge < -0.3 is 14.1 Å². The molecule has 4 rings (SSSR count). The van der Waals surface area contributed by atoms with Crippen LogP contribution < -0.4 is 68.8 Å². The molecule has 0 aliphatic rings. The van der Waals surface area contributed by atoms with Crippen LogP contribution in [0.3, 0.4) is 0 Å². The molecule has 11 nitrogen and oxygen atoms in total. The number of rotatable bonds is 6. The van der Waals surface area contributed by atoms with Gasteiger partial charge in [-0.3, -0.25) is 9.82 Å². The van der Waals surface area contributed by atoms with Crippen molar-refractivity contribution in [2.24, 2.45) is 10.2 Å². The van der Waals surface area contributed by atoms with Gasteiger partial charge in [0.05, 0.1) is 16.8 Å². The zero-order valence-electron chi connectivity index (χ0n) is 21.6. The number of anilines is 1. The number of sulfonamides is 1. The van der Waals surface area contributed by atoms with E-state index in [1.807, 2.05) is 20.8 Å². The van der Waals surface area contributed by atoms with Gasteiger partial charge in [-0.25, -0.2) is 21.2 Å². The normalized spacial score (nSPS) is 12.4. The Bertz CT molecular complexity index is 1710. The molecule has 16 heteroatoms. The van der Waals surface area contributed by atoms with Crippen molar-refractivity contribution in [1.29, 1.82) is 0 Å². The summed E-state index contributed by atoms with van der Waals surface area (Å²) in [7, 11) is -8.22. The summed E-state index contributed by atoms with van der Waals surface area (Å²) in [4.78, 5) is 3.89. The van der Waals surface area contributed by atoms with Gasteiger partial charge in [-0.15, -0.1) is 10.2 Å². The third-order valence-electron chi connectivity index (χ3n) is 4.99. The van der Waals surface area contributed by atoms with Gasteiger partial charge in [0, 0.05) is 11.1 Å². The number of benzene rings is 2. The second-order valence-corrected chi connectivity index (χ2v) is 12.2. The van der Waals surface area contributed by atoms with E-state index in [4.69, 9.17) is 0 Å². The molecule has 190 valence electrons. The van der Waals surface area contributed by atoms with Crippen LogP contribution in [0.5, 0.6) is 0 Å². The number of fused-ring (bicyclic) bond motifs is 1. The SMILES string of the molecule is CC(C)(C)c1nn2cc(-c3ccc(NS(C)(=O)=O)cc3)[n-]c2c1N=Nc1ccc(S(=O)(=O)[O-])cc1F.[Na+].[Na+]. The van der Waals surface area contributed by atoms with Crippen LogP contribution in [-0.4, -0.2) is 37.3 Å². The van der Waals surface area contributed by atoms with Crippen molar-refractivity contribution in [3.8, 4) is 11.3 Å². The number of nitrogens with zero attached hydrogens (tertiary/aromatic N) is 5.